The van der Waals surface area contributed by atoms with Crippen LogP contribution in [-0.4, -0.2) is 21.2 Å². The van der Waals surface area contributed by atoms with Gasteiger partial charge in [0, 0.05) is 5.69 Å². The third-order valence-electron chi connectivity index (χ3n) is 2.97. The minimum atomic E-state index is -4.52. The quantitative estimate of drug-likeness (QED) is 0.653. The number of carbonyl (C=O) groups excluding carboxylic acids is 1. The van der Waals surface area contributed by atoms with E-state index in [2.05, 4.69) is 5.32 Å². The molecule has 23 heavy (non-hydrogen) atoms. The van der Waals surface area contributed by atoms with Gasteiger partial charge < -0.3 is 20.6 Å². The van der Waals surface area contributed by atoms with E-state index in [0.717, 1.165) is 30.3 Å². The van der Waals surface area contributed by atoms with Crippen LogP contribution in [0.15, 0.2) is 36.4 Å². The van der Waals surface area contributed by atoms with E-state index >= 15 is 0 Å². The number of aromatic hydroxyl groups is 3. The van der Waals surface area contributed by atoms with E-state index in [4.69, 9.17) is 0 Å². The second kappa shape index (κ2) is 6.07. The normalized spacial score (nSPS) is 11.3. The van der Waals surface area contributed by atoms with Crippen molar-refractivity contribution < 1.29 is 33.3 Å². The Kier molecular flexibility index (Phi) is 4.35. The number of phenols is 3. The van der Waals surface area contributed by atoms with Gasteiger partial charge in [-0.2, -0.15) is 13.2 Å². The van der Waals surface area contributed by atoms with Gasteiger partial charge in [0.2, 0.25) is 5.91 Å². The van der Waals surface area contributed by atoms with Gasteiger partial charge in [-0.25, -0.2) is 0 Å². The summed E-state index contributed by atoms with van der Waals surface area (Å²) in [7, 11) is 0. The zero-order chi connectivity index (χ0) is 17.2. The van der Waals surface area contributed by atoms with Crippen LogP contribution in [0.25, 0.3) is 0 Å². The molecule has 2 rings (SSSR count). The highest BCUT2D eigenvalue weighted by Crippen LogP contribution is 2.35. The minimum Gasteiger partial charge on any atom is -0.504 e. The SMILES string of the molecule is O=C(Cc1cc(O)c(O)c(O)c1)Nc1cccc(C(F)(F)F)c1. The predicted octanol–water partition coefficient (Wildman–Crippen LogP) is 3.00. The van der Waals surface area contributed by atoms with E-state index in [-0.39, 0.29) is 17.7 Å². The first kappa shape index (κ1) is 16.5. The van der Waals surface area contributed by atoms with Crippen molar-refractivity contribution in [2.24, 2.45) is 0 Å². The van der Waals surface area contributed by atoms with Crippen LogP contribution >= 0.6 is 0 Å². The molecule has 0 radical (unpaired) electrons. The molecule has 2 aromatic rings. The molecule has 0 atom stereocenters. The lowest BCUT2D eigenvalue weighted by Crippen LogP contribution is -2.15. The standard InChI is InChI=1S/C15H12F3NO4/c16-15(17,18)9-2-1-3-10(7-9)19-13(22)6-8-4-11(20)14(23)12(21)5-8/h1-5,7,20-21,23H,6H2,(H,19,22). The summed E-state index contributed by atoms with van der Waals surface area (Å²) < 4.78 is 37.8. The molecule has 1 amide bonds. The van der Waals surface area contributed by atoms with Gasteiger partial charge in [-0.15, -0.1) is 0 Å². The van der Waals surface area contributed by atoms with Gasteiger partial charge in [0.25, 0.3) is 0 Å². The monoisotopic (exact) mass is 327 g/mol. The lowest BCUT2D eigenvalue weighted by Gasteiger charge is -2.10. The molecule has 8 heteroatoms. The average Bonchev–Trinajstić information content (AvgIpc) is 2.44. The zero-order valence-corrected chi connectivity index (χ0v) is 11.6. The summed E-state index contributed by atoms with van der Waals surface area (Å²) in [6, 6.07) is 6.28. The second-order valence-corrected chi connectivity index (χ2v) is 4.79. The molecule has 0 unspecified atom stereocenters. The summed E-state index contributed by atoms with van der Waals surface area (Å²) in [5.74, 6) is -2.57. The largest absolute Gasteiger partial charge is 0.504 e. The Bertz CT molecular complexity index is 721. The molecule has 0 spiro atoms. The maximum atomic E-state index is 12.6. The van der Waals surface area contributed by atoms with Crippen molar-refractivity contribution in [1.29, 1.82) is 0 Å². The second-order valence-electron chi connectivity index (χ2n) is 4.79. The van der Waals surface area contributed by atoms with Crippen LogP contribution in [0.2, 0.25) is 0 Å². The maximum Gasteiger partial charge on any atom is 0.416 e. The van der Waals surface area contributed by atoms with Crippen LogP contribution in [-0.2, 0) is 17.4 Å². The topological polar surface area (TPSA) is 89.8 Å². The third kappa shape index (κ3) is 4.06. The van der Waals surface area contributed by atoms with Crippen molar-refractivity contribution >= 4 is 11.6 Å². The molecule has 0 fully saturated rings. The van der Waals surface area contributed by atoms with E-state index in [1.807, 2.05) is 0 Å². The number of nitrogens with one attached hydrogen (secondary N) is 1. The van der Waals surface area contributed by atoms with Gasteiger partial charge in [-0.3, -0.25) is 4.79 Å². The highest BCUT2D eigenvalue weighted by Gasteiger charge is 2.30. The van der Waals surface area contributed by atoms with E-state index in [0.29, 0.717) is 0 Å². The molecular formula is C15H12F3NO4. The number of hydrogen-bond acceptors (Lipinski definition) is 4. The third-order valence-corrected chi connectivity index (χ3v) is 2.97. The summed E-state index contributed by atoms with van der Waals surface area (Å²) in [6.45, 7) is 0. The Labute approximate surface area is 128 Å². The maximum absolute atomic E-state index is 12.6. The number of anilines is 1. The van der Waals surface area contributed by atoms with Crippen LogP contribution in [0, 0.1) is 0 Å². The fourth-order valence-corrected chi connectivity index (χ4v) is 1.93. The number of benzene rings is 2. The Morgan fingerprint density at radius 3 is 2.22 bits per heavy atom. The highest BCUT2D eigenvalue weighted by atomic mass is 19.4. The van der Waals surface area contributed by atoms with Crippen LogP contribution in [0.3, 0.4) is 0 Å². The first-order valence-corrected chi connectivity index (χ1v) is 6.38. The minimum absolute atomic E-state index is 0.0305. The lowest BCUT2D eigenvalue weighted by molar-refractivity contribution is -0.137. The number of hydrogen-bond donors (Lipinski definition) is 4. The molecule has 2 aromatic carbocycles. The average molecular weight is 327 g/mol. The van der Waals surface area contributed by atoms with Crippen LogP contribution in [0.1, 0.15) is 11.1 Å². The predicted molar refractivity (Wildman–Crippen MR) is 75.2 cm³/mol. The first-order valence-electron chi connectivity index (χ1n) is 6.38. The van der Waals surface area contributed by atoms with Gasteiger partial charge in [-0.05, 0) is 35.9 Å². The van der Waals surface area contributed by atoms with E-state index < -0.39 is 34.9 Å². The van der Waals surface area contributed by atoms with Gasteiger partial charge >= 0.3 is 6.18 Å². The van der Waals surface area contributed by atoms with Gasteiger partial charge in [0.15, 0.2) is 17.2 Å². The summed E-state index contributed by atoms with van der Waals surface area (Å²) in [4.78, 5) is 11.8. The molecule has 0 aliphatic heterocycles. The van der Waals surface area contributed by atoms with Crippen LogP contribution in [0.5, 0.6) is 17.2 Å². The Balaban J connectivity index is 2.11. The summed E-state index contributed by atoms with van der Waals surface area (Å²) >= 11 is 0. The lowest BCUT2D eigenvalue weighted by atomic mass is 10.1. The van der Waals surface area contributed by atoms with Crippen molar-refractivity contribution in [2.75, 3.05) is 5.32 Å². The van der Waals surface area contributed by atoms with Crippen molar-refractivity contribution in [3.8, 4) is 17.2 Å². The van der Waals surface area contributed by atoms with Crippen molar-refractivity contribution in [3.63, 3.8) is 0 Å². The molecule has 122 valence electrons. The number of carbonyl (C=O) groups is 1. The van der Waals surface area contributed by atoms with Crippen LogP contribution in [0.4, 0.5) is 18.9 Å². The Hall–Kier alpha value is -2.90. The van der Waals surface area contributed by atoms with Gasteiger partial charge in [0.1, 0.15) is 0 Å². The van der Waals surface area contributed by atoms with Crippen molar-refractivity contribution in [1.82, 2.24) is 0 Å². The molecule has 0 aromatic heterocycles. The summed E-state index contributed by atoms with van der Waals surface area (Å²) in [5, 5.41) is 30.2. The van der Waals surface area contributed by atoms with Crippen molar-refractivity contribution in [3.05, 3.63) is 47.5 Å². The smallest absolute Gasteiger partial charge is 0.416 e. The fraction of sp³-hybridized carbons (Fsp3) is 0.133. The number of halogens is 3. The van der Waals surface area contributed by atoms with E-state index in [1.54, 1.807) is 0 Å². The molecule has 0 bridgehead atoms. The van der Waals surface area contributed by atoms with E-state index in [1.165, 1.54) is 6.07 Å². The zero-order valence-electron chi connectivity index (χ0n) is 11.6. The number of amides is 1. The van der Waals surface area contributed by atoms with Crippen molar-refractivity contribution in [2.45, 2.75) is 12.6 Å². The number of phenolic OH excluding ortho intramolecular Hbond substituents is 3. The molecule has 0 heterocycles. The number of rotatable bonds is 3. The fourth-order valence-electron chi connectivity index (χ4n) is 1.93. The van der Waals surface area contributed by atoms with Gasteiger partial charge in [0.05, 0.1) is 12.0 Å². The summed E-state index contributed by atoms with van der Waals surface area (Å²) in [5.41, 5.74) is -0.741. The Morgan fingerprint density at radius 2 is 1.65 bits per heavy atom. The van der Waals surface area contributed by atoms with E-state index in [9.17, 15) is 33.3 Å². The molecule has 0 aliphatic rings. The molecule has 0 aliphatic carbocycles. The Morgan fingerprint density at radius 1 is 1.04 bits per heavy atom. The first-order chi connectivity index (χ1) is 10.7. The van der Waals surface area contributed by atoms with Gasteiger partial charge in [-0.1, -0.05) is 6.07 Å². The summed E-state index contributed by atoms with van der Waals surface area (Å²) in [6.07, 6.45) is -4.83. The molecular weight excluding hydrogens is 315 g/mol. The molecule has 4 N–H and O–H groups in total. The van der Waals surface area contributed by atoms with Crippen LogP contribution < -0.4 is 5.32 Å². The molecule has 0 saturated carbocycles. The highest BCUT2D eigenvalue weighted by molar-refractivity contribution is 5.92. The number of alkyl halides is 3. The molecule has 0 saturated heterocycles. The molecule has 5 nitrogen and oxygen atoms in total.